The first-order valence-electron chi connectivity index (χ1n) is 13.5. The van der Waals surface area contributed by atoms with E-state index in [1.165, 1.54) is 31.9 Å². The summed E-state index contributed by atoms with van der Waals surface area (Å²) >= 11 is 0. The van der Waals surface area contributed by atoms with E-state index in [9.17, 15) is 0 Å². The van der Waals surface area contributed by atoms with Crippen LogP contribution < -0.4 is 20.7 Å². The number of benzene rings is 4. The van der Waals surface area contributed by atoms with Gasteiger partial charge in [-0.2, -0.15) is 0 Å². The molecule has 4 aromatic rings. The third-order valence-corrected chi connectivity index (χ3v) is 10.2. The molecule has 1 heteroatoms. The van der Waals surface area contributed by atoms with Crippen LogP contribution in [0.25, 0.3) is 0 Å². The highest BCUT2D eigenvalue weighted by Crippen LogP contribution is 2.10. The van der Waals surface area contributed by atoms with Crippen LogP contribution in [-0.2, 0) is 0 Å². The van der Waals surface area contributed by atoms with Crippen molar-refractivity contribution >= 4 is 28.8 Å². The average Bonchev–Trinajstić information content (AvgIpc) is 2.96. The van der Waals surface area contributed by atoms with Crippen molar-refractivity contribution in [3.05, 3.63) is 120 Å². The lowest BCUT2D eigenvalue weighted by atomic mass is 10.2. The van der Waals surface area contributed by atoms with Crippen LogP contribution >= 0.6 is 0 Å². The summed E-state index contributed by atoms with van der Waals surface area (Å²) in [6.07, 6.45) is 0. The van der Waals surface area contributed by atoms with Crippen LogP contribution in [0.1, 0.15) is 66.5 Å². The van der Waals surface area contributed by atoms with Gasteiger partial charge in [-0.1, -0.05) is 176 Å². The lowest BCUT2D eigenvalue weighted by Gasteiger charge is -2.34. The van der Waals surface area contributed by atoms with Crippen molar-refractivity contribution in [3.63, 3.8) is 0 Å². The maximum absolute atomic E-state index is 2.35. The monoisotopic (exact) mass is 484 g/mol. The highest BCUT2D eigenvalue weighted by atomic mass is 28.3. The molecule has 0 saturated heterocycles. The van der Waals surface area contributed by atoms with Gasteiger partial charge >= 0.3 is 0 Å². The fourth-order valence-corrected chi connectivity index (χ4v) is 8.70. The number of hydrogen-bond acceptors (Lipinski definition) is 0. The van der Waals surface area contributed by atoms with Crippen LogP contribution in [0.4, 0.5) is 0 Å². The predicted molar refractivity (Wildman–Crippen MR) is 165 cm³/mol. The fraction of sp³-hybridized carbons (Fsp3) is 0.294. The first-order chi connectivity index (χ1) is 17.2. The molecule has 0 aliphatic heterocycles. The molecule has 0 aromatic heterocycles. The Bertz CT molecular complexity index is 915. The van der Waals surface area contributed by atoms with E-state index in [-0.39, 0.29) is 0 Å². The number of rotatable bonds is 4. The van der Waals surface area contributed by atoms with Gasteiger partial charge in [0, 0.05) is 0 Å². The van der Waals surface area contributed by atoms with Crippen molar-refractivity contribution in [2.24, 2.45) is 0 Å². The van der Waals surface area contributed by atoms with Crippen molar-refractivity contribution in [2.75, 3.05) is 0 Å². The van der Waals surface area contributed by atoms with Crippen LogP contribution in [0, 0.1) is 13.8 Å². The Morgan fingerprint density at radius 2 is 0.543 bits per heavy atom. The Hall–Kier alpha value is -2.90. The summed E-state index contributed by atoms with van der Waals surface area (Å²) in [4.78, 5) is 0. The summed E-state index contributed by atoms with van der Waals surface area (Å²) in [7, 11) is -2.35. The molecule has 0 amide bonds. The Kier molecular flexibility index (Phi) is 16.9. The Labute approximate surface area is 218 Å². The van der Waals surface area contributed by atoms with Crippen molar-refractivity contribution in [3.8, 4) is 0 Å². The van der Waals surface area contributed by atoms with E-state index in [0.717, 1.165) is 0 Å². The molecule has 0 fully saturated rings. The van der Waals surface area contributed by atoms with Gasteiger partial charge in [-0.15, -0.1) is 0 Å². The summed E-state index contributed by atoms with van der Waals surface area (Å²) in [5, 5.41) is 5.69. The topological polar surface area (TPSA) is 0 Å². The van der Waals surface area contributed by atoms with E-state index in [2.05, 4.69) is 123 Å². The normalized spacial score (nSPS) is 9.43. The standard InChI is InChI=1S/C26H24Si.4C2H6/c1-21-13-17-25(18-14-21)27(23-9-5-3-6-10-23,24-11-7-4-8-12-24)26-19-15-22(2)16-20-26;4*1-2/h3-20H,1-2H3;4*1-2H3. The van der Waals surface area contributed by atoms with Gasteiger partial charge in [0.15, 0.2) is 8.07 Å². The zero-order chi connectivity index (χ0) is 26.7. The molecule has 0 atom stereocenters. The summed E-state index contributed by atoms with van der Waals surface area (Å²) in [6.45, 7) is 20.3. The summed E-state index contributed by atoms with van der Waals surface area (Å²) < 4.78 is 0. The number of hydrogen-bond donors (Lipinski definition) is 0. The van der Waals surface area contributed by atoms with Crippen molar-refractivity contribution in [2.45, 2.75) is 69.2 Å². The first kappa shape index (κ1) is 32.1. The van der Waals surface area contributed by atoms with Gasteiger partial charge in [-0.3, -0.25) is 0 Å². The molecule has 0 bridgehead atoms. The van der Waals surface area contributed by atoms with Crippen molar-refractivity contribution in [1.82, 2.24) is 0 Å². The second kappa shape index (κ2) is 18.4. The quantitative estimate of drug-likeness (QED) is 0.205. The molecule has 4 aromatic carbocycles. The van der Waals surface area contributed by atoms with Gasteiger partial charge in [-0.25, -0.2) is 0 Å². The Morgan fingerprint density at radius 1 is 0.314 bits per heavy atom. The largest absolute Gasteiger partial charge is 0.179 e. The molecule has 0 heterocycles. The third-order valence-electron chi connectivity index (χ3n) is 5.38. The van der Waals surface area contributed by atoms with Crippen LogP contribution in [0.5, 0.6) is 0 Å². The molecule has 0 saturated carbocycles. The summed E-state index contributed by atoms with van der Waals surface area (Å²) in [5.74, 6) is 0. The zero-order valence-electron chi connectivity index (χ0n) is 23.9. The van der Waals surface area contributed by atoms with Crippen molar-refractivity contribution in [1.29, 1.82) is 0 Å². The average molecular weight is 485 g/mol. The van der Waals surface area contributed by atoms with Crippen molar-refractivity contribution < 1.29 is 0 Å². The van der Waals surface area contributed by atoms with E-state index in [0.29, 0.717) is 0 Å². The maximum Gasteiger partial charge on any atom is 0.179 e. The van der Waals surface area contributed by atoms with Crippen LogP contribution in [0.2, 0.25) is 0 Å². The summed E-state index contributed by atoms with van der Waals surface area (Å²) in [5.41, 5.74) is 2.60. The molecule has 188 valence electrons. The maximum atomic E-state index is 2.33. The van der Waals surface area contributed by atoms with E-state index in [1.807, 2.05) is 55.4 Å². The molecule has 35 heavy (non-hydrogen) atoms. The highest BCUT2D eigenvalue weighted by Gasteiger charge is 2.41. The minimum absolute atomic E-state index is 1.30. The molecule has 0 spiro atoms. The smallest absolute Gasteiger partial charge is 0.0683 e. The molecular formula is C34H48Si. The molecule has 4 rings (SSSR count). The Balaban J connectivity index is 0.00000132. The van der Waals surface area contributed by atoms with Crippen LogP contribution in [-0.4, -0.2) is 8.07 Å². The minimum Gasteiger partial charge on any atom is -0.0683 e. The molecular weight excluding hydrogens is 436 g/mol. The second-order valence-corrected chi connectivity index (χ2v) is 11.0. The second-order valence-electron chi connectivity index (χ2n) is 7.21. The summed E-state index contributed by atoms with van der Waals surface area (Å²) in [6, 6.07) is 40.4. The van der Waals surface area contributed by atoms with Gasteiger partial charge in [-0.05, 0) is 34.6 Å². The van der Waals surface area contributed by atoms with Gasteiger partial charge in [0.1, 0.15) is 0 Å². The van der Waals surface area contributed by atoms with Gasteiger partial charge in [0.05, 0.1) is 0 Å². The van der Waals surface area contributed by atoms with E-state index in [4.69, 9.17) is 0 Å². The van der Waals surface area contributed by atoms with Gasteiger partial charge < -0.3 is 0 Å². The molecule has 0 radical (unpaired) electrons. The SMILES string of the molecule is CC.CC.CC.CC.Cc1ccc([Si](c2ccccc2)(c2ccccc2)c2ccc(C)cc2)cc1. The molecule has 0 N–H and O–H groups in total. The Morgan fingerprint density at radius 3 is 0.800 bits per heavy atom. The van der Waals surface area contributed by atoms with Gasteiger partial charge in [0.2, 0.25) is 0 Å². The molecule has 0 unspecified atom stereocenters. The van der Waals surface area contributed by atoms with Crippen LogP contribution in [0.3, 0.4) is 0 Å². The van der Waals surface area contributed by atoms with E-state index >= 15 is 0 Å². The predicted octanol–water partition coefficient (Wildman–Crippen LogP) is 7.79. The molecule has 0 aliphatic rings. The lowest BCUT2D eigenvalue weighted by molar-refractivity contribution is 1.48. The molecule has 0 aliphatic carbocycles. The minimum atomic E-state index is -2.35. The molecule has 0 nitrogen and oxygen atoms in total. The van der Waals surface area contributed by atoms with E-state index in [1.54, 1.807) is 0 Å². The van der Waals surface area contributed by atoms with Gasteiger partial charge in [0.25, 0.3) is 0 Å². The highest BCUT2D eigenvalue weighted by molar-refractivity contribution is 7.19. The first-order valence-corrected chi connectivity index (χ1v) is 15.5. The zero-order valence-corrected chi connectivity index (χ0v) is 24.9. The number of aryl methyl sites for hydroxylation is 2. The van der Waals surface area contributed by atoms with Crippen LogP contribution in [0.15, 0.2) is 109 Å². The lowest BCUT2D eigenvalue weighted by Crippen LogP contribution is -2.74. The third kappa shape index (κ3) is 8.08. The fourth-order valence-electron chi connectivity index (χ4n) is 3.98. The van der Waals surface area contributed by atoms with E-state index < -0.39 is 8.07 Å².